The maximum atomic E-state index is 6.21. The molecule has 0 aliphatic rings. The summed E-state index contributed by atoms with van der Waals surface area (Å²) in [5.41, 5.74) is 5.83. The number of hydrogen-bond acceptors (Lipinski definition) is 2. The Morgan fingerprint density at radius 1 is 0.903 bits per heavy atom. The molecule has 0 saturated carbocycles. The molecule has 0 aliphatic carbocycles. The van der Waals surface area contributed by atoms with Gasteiger partial charge in [-0.1, -0.05) is 74.0 Å². The van der Waals surface area contributed by atoms with Crippen LogP contribution in [0.15, 0.2) is 77.2 Å². The number of benzene rings is 3. The highest BCUT2D eigenvalue weighted by Crippen LogP contribution is 2.37. The van der Waals surface area contributed by atoms with Crippen LogP contribution in [0.3, 0.4) is 0 Å². The van der Waals surface area contributed by atoms with Crippen LogP contribution in [0.2, 0.25) is 0 Å². The summed E-state index contributed by atoms with van der Waals surface area (Å²) >= 11 is 0. The monoisotopic (exact) mass is 414 g/mol. The van der Waals surface area contributed by atoms with Gasteiger partial charge in [-0.05, 0) is 31.0 Å². The zero-order valence-electron chi connectivity index (χ0n) is 18.8. The third kappa shape index (κ3) is 4.83. The van der Waals surface area contributed by atoms with Crippen molar-refractivity contribution in [2.45, 2.75) is 39.8 Å². The van der Waals surface area contributed by atoms with Crippen LogP contribution in [0.1, 0.15) is 36.7 Å². The molecule has 1 atom stereocenters. The van der Waals surface area contributed by atoms with Crippen molar-refractivity contribution in [3.05, 3.63) is 89.7 Å². The first-order valence-electron chi connectivity index (χ1n) is 11.2. The van der Waals surface area contributed by atoms with Gasteiger partial charge in [-0.15, -0.1) is 0 Å². The Bertz CT molecular complexity index is 1120. The van der Waals surface area contributed by atoms with Crippen LogP contribution in [0, 0.1) is 6.92 Å². The Labute approximate surface area is 185 Å². The maximum absolute atomic E-state index is 6.21. The molecule has 3 heteroatoms. The molecule has 0 radical (unpaired) electrons. The second-order valence-electron chi connectivity index (χ2n) is 8.25. The summed E-state index contributed by atoms with van der Waals surface area (Å²) in [4.78, 5) is 1.54. The SMILES string of the molecule is CCCC[NH+](Cc1ccccc1)Cc1cc2oc(C)c(-c3ccccc3)c2cc1OC. The number of ether oxygens (including phenoxy) is 1. The normalized spacial score (nSPS) is 12.2. The Kier molecular flexibility index (Phi) is 6.73. The lowest BCUT2D eigenvalue weighted by molar-refractivity contribution is -0.927. The van der Waals surface area contributed by atoms with E-state index in [1.165, 1.54) is 34.4 Å². The predicted molar refractivity (Wildman–Crippen MR) is 128 cm³/mol. The van der Waals surface area contributed by atoms with Gasteiger partial charge in [0.05, 0.1) is 19.2 Å². The van der Waals surface area contributed by atoms with Crippen molar-refractivity contribution in [1.82, 2.24) is 0 Å². The van der Waals surface area contributed by atoms with Crippen molar-refractivity contribution in [2.75, 3.05) is 13.7 Å². The number of furan rings is 1. The molecule has 4 aromatic rings. The standard InChI is InChI=1S/C28H31NO2/c1-4-5-16-29(19-22-12-8-6-9-13-22)20-24-17-27-25(18-26(24)30-3)28(21(2)31-27)23-14-10-7-11-15-23/h6-15,17-18H,4-5,16,19-20H2,1-3H3/p+1. The molecular formula is C28H32NO2+. The van der Waals surface area contributed by atoms with E-state index in [0.29, 0.717) is 0 Å². The lowest BCUT2D eigenvalue weighted by Crippen LogP contribution is -3.09. The summed E-state index contributed by atoms with van der Waals surface area (Å²) in [6, 6.07) is 25.5. The molecule has 0 spiro atoms. The van der Waals surface area contributed by atoms with Crippen molar-refractivity contribution in [3.8, 4) is 16.9 Å². The van der Waals surface area contributed by atoms with E-state index in [-0.39, 0.29) is 0 Å². The third-order valence-corrected chi connectivity index (χ3v) is 5.95. The van der Waals surface area contributed by atoms with Gasteiger partial charge >= 0.3 is 0 Å². The van der Waals surface area contributed by atoms with Crippen molar-refractivity contribution >= 4 is 11.0 Å². The molecule has 0 saturated heterocycles. The van der Waals surface area contributed by atoms with E-state index in [1.54, 1.807) is 7.11 Å². The Morgan fingerprint density at radius 3 is 2.29 bits per heavy atom. The Hall–Kier alpha value is -3.04. The zero-order chi connectivity index (χ0) is 21.6. The van der Waals surface area contributed by atoms with E-state index < -0.39 is 0 Å². The van der Waals surface area contributed by atoms with Gasteiger partial charge in [-0.25, -0.2) is 0 Å². The van der Waals surface area contributed by atoms with Crippen LogP contribution in [0.5, 0.6) is 5.75 Å². The maximum Gasteiger partial charge on any atom is 0.135 e. The van der Waals surface area contributed by atoms with E-state index in [9.17, 15) is 0 Å². The molecule has 1 unspecified atom stereocenters. The molecule has 3 nitrogen and oxygen atoms in total. The quantitative estimate of drug-likeness (QED) is 0.375. The van der Waals surface area contributed by atoms with E-state index in [0.717, 1.165) is 47.7 Å². The summed E-state index contributed by atoms with van der Waals surface area (Å²) in [6.45, 7) is 7.36. The molecule has 0 aliphatic heterocycles. The topological polar surface area (TPSA) is 26.8 Å². The molecule has 0 bridgehead atoms. The van der Waals surface area contributed by atoms with Gasteiger partial charge in [0.2, 0.25) is 0 Å². The van der Waals surface area contributed by atoms with Gasteiger partial charge in [0.25, 0.3) is 0 Å². The van der Waals surface area contributed by atoms with Gasteiger partial charge in [-0.2, -0.15) is 0 Å². The van der Waals surface area contributed by atoms with Gasteiger partial charge < -0.3 is 14.1 Å². The summed E-state index contributed by atoms with van der Waals surface area (Å²) in [5, 5.41) is 1.11. The minimum atomic E-state index is 0.911. The van der Waals surface area contributed by atoms with Crippen LogP contribution in [-0.4, -0.2) is 13.7 Å². The van der Waals surface area contributed by atoms with Crippen LogP contribution in [0.25, 0.3) is 22.1 Å². The van der Waals surface area contributed by atoms with Crippen molar-refractivity contribution < 1.29 is 14.1 Å². The number of nitrogens with one attached hydrogen (secondary N) is 1. The fourth-order valence-corrected chi connectivity index (χ4v) is 4.40. The van der Waals surface area contributed by atoms with Gasteiger partial charge in [0.15, 0.2) is 0 Å². The van der Waals surface area contributed by atoms with Gasteiger partial charge in [0, 0.05) is 16.5 Å². The van der Waals surface area contributed by atoms with E-state index in [1.807, 2.05) is 13.0 Å². The molecule has 0 amide bonds. The number of quaternary nitrogens is 1. The average molecular weight is 415 g/mol. The minimum absolute atomic E-state index is 0.911. The molecule has 4 rings (SSSR count). The Balaban J connectivity index is 1.69. The Morgan fingerprint density at radius 2 is 1.61 bits per heavy atom. The number of rotatable bonds is 9. The molecule has 1 N–H and O–H groups in total. The number of methoxy groups -OCH3 is 1. The van der Waals surface area contributed by atoms with E-state index >= 15 is 0 Å². The molecule has 0 fully saturated rings. The molecule has 31 heavy (non-hydrogen) atoms. The van der Waals surface area contributed by atoms with Crippen molar-refractivity contribution in [2.24, 2.45) is 0 Å². The molecule has 3 aromatic carbocycles. The second-order valence-corrected chi connectivity index (χ2v) is 8.25. The predicted octanol–water partition coefficient (Wildman–Crippen LogP) is 5.80. The number of hydrogen-bond donors (Lipinski definition) is 1. The van der Waals surface area contributed by atoms with E-state index in [2.05, 4.69) is 73.7 Å². The van der Waals surface area contributed by atoms with Gasteiger partial charge in [-0.3, -0.25) is 0 Å². The van der Waals surface area contributed by atoms with E-state index in [4.69, 9.17) is 9.15 Å². The highest BCUT2D eigenvalue weighted by Gasteiger charge is 2.19. The number of fused-ring (bicyclic) bond motifs is 1. The fraction of sp³-hybridized carbons (Fsp3) is 0.286. The first-order valence-corrected chi connectivity index (χ1v) is 11.2. The van der Waals surface area contributed by atoms with Crippen LogP contribution in [-0.2, 0) is 13.1 Å². The number of aryl methyl sites for hydroxylation is 1. The lowest BCUT2D eigenvalue weighted by atomic mass is 10.0. The van der Waals surface area contributed by atoms with Crippen LogP contribution >= 0.6 is 0 Å². The second kappa shape index (κ2) is 9.84. The summed E-state index contributed by atoms with van der Waals surface area (Å²) in [6.07, 6.45) is 2.41. The molecule has 1 aromatic heterocycles. The largest absolute Gasteiger partial charge is 0.496 e. The lowest BCUT2D eigenvalue weighted by Gasteiger charge is -2.21. The third-order valence-electron chi connectivity index (χ3n) is 5.95. The average Bonchev–Trinajstić information content (AvgIpc) is 3.12. The van der Waals surface area contributed by atoms with Crippen LogP contribution in [0.4, 0.5) is 0 Å². The highest BCUT2D eigenvalue weighted by molar-refractivity contribution is 5.97. The number of unbranched alkanes of at least 4 members (excludes halogenated alkanes) is 1. The minimum Gasteiger partial charge on any atom is -0.496 e. The first-order chi connectivity index (χ1) is 15.2. The van der Waals surface area contributed by atoms with Crippen molar-refractivity contribution in [3.63, 3.8) is 0 Å². The summed E-state index contributed by atoms with van der Waals surface area (Å²) in [7, 11) is 1.77. The van der Waals surface area contributed by atoms with Gasteiger partial charge in [0.1, 0.15) is 30.2 Å². The molecular weight excluding hydrogens is 382 g/mol. The summed E-state index contributed by atoms with van der Waals surface area (Å²) in [5.74, 6) is 1.88. The fourth-order valence-electron chi connectivity index (χ4n) is 4.40. The van der Waals surface area contributed by atoms with Crippen LogP contribution < -0.4 is 9.64 Å². The zero-order valence-corrected chi connectivity index (χ0v) is 18.8. The molecule has 1 heterocycles. The highest BCUT2D eigenvalue weighted by atomic mass is 16.5. The van der Waals surface area contributed by atoms with Crippen molar-refractivity contribution in [1.29, 1.82) is 0 Å². The molecule has 160 valence electrons. The first kappa shape index (κ1) is 21.2. The summed E-state index contributed by atoms with van der Waals surface area (Å²) < 4.78 is 12.1. The smallest absolute Gasteiger partial charge is 0.135 e.